The van der Waals surface area contributed by atoms with E-state index < -0.39 is 23.2 Å². The van der Waals surface area contributed by atoms with E-state index in [-0.39, 0.29) is 23.3 Å². The first-order valence-corrected chi connectivity index (χ1v) is 9.26. The van der Waals surface area contributed by atoms with Crippen LogP contribution in [0.2, 0.25) is 5.02 Å². The molecule has 1 N–H and O–H groups in total. The molecule has 11 heteroatoms. The van der Waals surface area contributed by atoms with Gasteiger partial charge >= 0.3 is 6.18 Å². The summed E-state index contributed by atoms with van der Waals surface area (Å²) >= 11 is 5.80. The average molecular weight is 448 g/mol. The predicted octanol–water partition coefficient (Wildman–Crippen LogP) is 3.89. The van der Waals surface area contributed by atoms with Crippen LogP contribution in [0.5, 0.6) is 0 Å². The van der Waals surface area contributed by atoms with E-state index in [0.717, 1.165) is 27.7 Å². The standard InChI is InChI=1S/C20H13ClF3N5O2/c21-13-4-6-14(7-5-13)27-17(30)10-28-11-25-18-16(19(28)31)9-26-29(18)15-3-1-2-12(8-15)20(22,23)24/h1-9,11H,10H2,(H,27,30). The number of rotatable bonds is 4. The third kappa shape index (κ3) is 4.29. The summed E-state index contributed by atoms with van der Waals surface area (Å²) in [5.41, 5.74) is -0.696. The molecule has 0 spiro atoms. The number of carbonyl (C=O) groups excluding carboxylic acids is 1. The molecule has 0 aliphatic heterocycles. The van der Waals surface area contributed by atoms with Crippen LogP contribution < -0.4 is 10.9 Å². The highest BCUT2D eigenvalue weighted by Gasteiger charge is 2.30. The van der Waals surface area contributed by atoms with Crippen LogP contribution in [0, 0.1) is 0 Å². The summed E-state index contributed by atoms with van der Waals surface area (Å²) in [5, 5.41) is 7.22. The van der Waals surface area contributed by atoms with E-state index in [1.807, 2.05) is 0 Å². The van der Waals surface area contributed by atoms with Crippen molar-refractivity contribution in [3.63, 3.8) is 0 Å². The zero-order chi connectivity index (χ0) is 22.2. The number of alkyl halides is 3. The number of amides is 1. The van der Waals surface area contributed by atoms with Gasteiger partial charge in [0.25, 0.3) is 5.56 Å². The molecule has 4 aromatic rings. The molecule has 4 rings (SSSR count). The summed E-state index contributed by atoms with van der Waals surface area (Å²) < 4.78 is 41.2. The van der Waals surface area contributed by atoms with Crippen molar-refractivity contribution >= 4 is 34.2 Å². The first-order valence-electron chi connectivity index (χ1n) is 8.88. The van der Waals surface area contributed by atoms with Crippen molar-refractivity contribution in [3.8, 4) is 5.69 Å². The zero-order valence-electron chi connectivity index (χ0n) is 15.6. The molecule has 0 aliphatic carbocycles. The van der Waals surface area contributed by atoms with Gasteiger partial charge in [-0.05, 0) is 42.5 Å². The van der Waals surface area contributed by atoms with Gasteiger partial charge in [-0.2, -0.15) is 18.3 Å². The van der Waals surface area contributed by atoms with Crippen LogP contribution in [-0.4, -0.2) is 25.2 Å². The number of carbonyl (C=O) groups is 1. The molecule has 2 aromatic heterocycles. The average Bonchev–Trinajstić information content (AvgIpc) is 3.16. The number of hydrogen-bond donors (Lipinski definition) is 1. The quantitative estimate of drug-likeness (QED) is 0.514. The monoisotopic (exact) mass is 447 g/mol. The van der Waals surface area contributed by atoms with Gasteiger partial charge in [0.2, 0.25) is 5.91 Å². The van der Waals surface area contributed by atoms with E-state index in [1.54, 1.807) is 24.3 Å². The Hall–Kier alpha value is -3.66. The molecule has 158 valence electrons. The number of halogens is 4. The van der Waals surface area contributed by atoms with Gasteiger partial charge < -0.3 is 5.32 Å². The molecule has 2 aromatic carbocycles. The largest absolute Gasteiger partial charge is 0.416 e. The molecule has 7 nitrogen and oxygen atoms in total. The Morgan fingerprint density at radius 3 is 2.58 bits per heavy atom. The summed E-state index contributed by atoms with van der Waals surface area (Å²) in [5.74, 6) is -0.462. The van der Waals surface area contributed by atoms with Crippen molar-refractivity contribution in [2.75, 3.05) is 5.32 Å². The predicted molar refractivity (Wildman–Crippen MR) is 108 cm³/mol. The topological polar surface area (TPSA) is 81.8 Å². The molecule has 0 fully saturated rings. The Morgan fingerprint density at radius 2 is 1.87 bits per heavy atom. The lowest BCUT2D eigenvalue weighted by molar-refractivity contribution is -0.137. The van der Waals surface area contributed by atoms with E-state index in [1.165, 1.54) is 18.3 Å². The number of hydrogen-bond acceptors (Lipinski definition) is 4. The van der Waals surface area contributed by atoms with Crippen LogP contribution in [-0.2, 0) is 17.5 Å². The molecule has 0 atom stereocenters. The molecule has 31 heavy (non-hydrogen) atoms. The smallest absolute Gasteiger partial charge is 0.325 e. The summed E-state index contributed by atoms with van der Waals surface area (Å²) in [4.78, 5) is 29.1. The Labute approximate surface area is 177 Å². The molecule has 2 heterocycles. The number of anilines is 1. The van der Waals surface area contributed by atoms with Crippen molar-refractivity contribution in [1.82, 2.24) is 19.3 Å². The second-order valence-corrected chi connectivity index (χ2v) is 7.01. The van der Waals surface area contributed by atoms with E-state index in [4.69, 9.17) is 11.6 Å². The third-order valence-corrected chi connectivity index (χ3v) is 4.67. The molecule has 0 aliphatic rings. The first kappa shape index (κ1) is 20.6. The van der Waals surface area contributed by atoms with E-state index >= 15 is 0 Å². The summed E-state index contributed by atoms with van der Waals surface area (Å²) in [6, 6.07) is 11.0. The van der Waals surface area contributed by atoms with Crippen molar-refractivity contribution in [2.24, 2.45) is 0 Å². The molecule has 0 saturated heterocycles. The molecule has 0 radical (unpaired) electrons. The SMILES string of the molecule is O=C(Cn1cnc2c(cnn2-c2cccc(C(F)(F)F)c2)c1=O)Nc1ccc(Cl)cc1. The van der Waals surface area contributed by atoms with Gasteiger partial charge in [-0.25, -0.2) is 9.67 Å². The number of nitrogens with one attached hydrogen (secondary N) is 1. The molecule has 1 amide bonds. The number of benzene rings is 2. The minimum absolute atomic E-state index is 0.0687. The Bertz CT molecular complexity index is 1330. The molecular formula is C20H13ClF3N5O2. The fourth-order valence-electron chi connectivity index (χ4n) is 2.95. The normalized spacial score (nSPS) is 11.6. The minimum Gasteiger partial charge on any atom is -0.325 e. The van der Waals surface area contributed by atoms with Gasteiger partial charge in [0.15, 0.2) is 5.65 Å². The van der Waals surface area contributed by atoms with E-state index in [0.29, 0.717) is 10.7 Å². The Kier molecular flexibility index (Phi) is 5.24. The van der Waals surface area contributed by atoms with Gasteiger partial charge in [-0.15, -0.1) is 0 Å². The van der Waals surface area contributed by atoms with Gasteiger partial charge in [0.1, 0.15) is 18.3 Å². The van der Waals surface area contributed by atoms with Crippen molar-refractivity contribution in [1.29, 1.82) is 0 Å². The number of nitrogens with zero attached hydrogens (tertiary/aromatic N) is 4. The highest BCUT2D eigenvalue weighted by molar-refractivity contribution is 6.30. The molecular weight excluding hydrogens is 435 g/mol. The maximum Gasteiger partial charge on any atom is 0.416 e. The van der Waals surface area contributed by atoms with Crippen LogP contribution in [0.25, 0.3) is 16.7 Å². The van der Waals surface area contributed by atoms with E-state index in [9.17, 15) is 22.8 Å². The molecule has 0 unspecified atom stereocenters. The summed E-state index contributed by atoms with van der Waals surface area (Å²) in [6.45, 7) is -0.306. The van der Waals surface area contributed by atoms with E-state index in [2.05, 4.69) is 15.4 Å². The second kappa shape index (κ2) is 7.88. The lowest BCUT2D eigenvalue weighted by atomic mass is 10.2. The van der Waals surface area contributed by atoms with Crippen LogP contribution in [0.1, 0.15) is 5.56 Å². The zero-order valence-corrected chi connectivity index (χ0v) is 16.4. The fraction of sp³-hybridized carbons (Fsp3) is 0.100. The fourth-order valence-corrected chi connectivity index (χ4v) is 3.08. The van der Waals surface area contributed by atoms with Gasteiger partial charge in [-0.3, -0.25) is 14.2 Å². The summed E-state index contributed by atoms with van der Waals surface area (Å²) in [7, 11) is 0. The lowest BCUT2D eigenvalue weighted by Crippen LogP contribution is -2.27. The maximum absolute atomic E-state index is 13.0. The first-order chi connectivity index (χ1) is 14.7. The maximum atomic E-state index is 13.0. The highest BCUT2D eigenvalue weighted by atomic mass is 35.5. The van der Waals surface area contributed by atoms with Gasteiger partial charge in [0, 0.05) is 10.7 Å². The molecule has 0 bridgehead atoms. The van der Waals surface area contributed by atoms with Crippen LogP contribution in [0.15, 0.2) is 65.8 Å². The number of aromatic nitrogens is 4. The van der Waals surface area contributed by atoms with Crippen molar-refractivity contribution in [2.45, 2.75) is 12.7 Å². The Morgan fingerprint density at radius 1 is 1.13 bits per heavy atom. The van der Waals surface area contributed by atoms with Crippen molar-refractivity contribution < 1.29 is 18.0 Å². The lowest BCUT2D eigenvalue weighted by Gasteiger charge is -2.10. The molecule has 0 saturated carbocycles. The van der Waals surface area contributed by atoms with Crippen LogP contribution in [0.4, 0.5) is 18.9 Å². The highest BCUT2D eigenvalue weighted by Crippen LogP contribution is 2.30. The third-order valence-electron chi connectivity index (χ3n) is 4.41. The summed E-state index contributed by atoms with van der Waals surface area (Å²) in [6.07, 6.45) is -2.16. The second-order valence-electron chi connectivity index (χ2n) is 6.57. The van der Waals surface area contributed by atoms with Crippen molar-refractivity contribution in [3.05, 3.63) is 82.0 Å². The van der Waals surface area contributed by atoms with Gasteiger partial charge in [-0.1, -0.05) is 17.7 Å². The van der Waals surface area contributed by atoms with Gasteiger partial charge in [0.05, 0.1) is 17.4 Å². The van der Waals surface area contributed by atoms with Crippen LogP contribution >= 0.6 is 11.6 Å². The minimum atomic E-state index is -4.52. The Balaban J connectivity index is 1.62. The van der Waals surface area contributed by atoms with Crippen LogP contribution in [0.3, 0.4) is 0 Å². The number of fused-ring (bicyclic) bond motifs is 1.